The minimum Gasteiger partial charge on any atom is -0.294 e. The number of halogens is 1. The molecule has 0 fully saturated rings. The van der Waals surface area contributed by atoms with Crippen LogP contribution < -0.4 is 0 Å². The summed E-state index contributed by atoms with van der Waals surface area (Å²) < 4.78 is 14.6. The number of carbonyl (C=O) groups is 1. The second-order valence-corrected chi connectivity index (χ2v) is 4.55. The normalized spacial score (nSPS) is 10.8. The first kappa shape index (κ1) is 14.4. The van der Waals surface area contributed by atoms with Crippen molar-refractivity contribution in [2.24, 2.45) is 0 Å². The molecule has 0 aliphatic rings. The molecule has 106 valence electrons. The smallest absolute Gasteiger partial charge is 0.164 e. The van der Waals surface area contributed by atoms with Crippen molar-refractivity contribution in [3.8, 4) is 0 Å². The van der Waals surface area contributed by atoms with Crippen LogP contribution in [-0.2, 0) is 19.4 Å². The fraction of sp³-hybridized carbons (Fsp3) is 0.400. The van der Waals surface area contributed by atoms with Crippen molar-refractivity contribution >= 4 is 5.78 Å². The van der Waals surface area contributed by atoms with Crippen molar-refractivity contribution in [1.29, 1.82) is 0 Å². The Hall–Kier alpha value is -2.04. The van der Waals surface area contributed by atoms with Crippen LogP contribution in [0.25, 0.3) is 0 Å². The Bertz CT molecular complexity index is 590. The van der Waals surface area contributed by atoms with E-state index in [9.17, 15) is 9.18 Å². The number of aromatic nitrogens is 3. The molecule has 0 aliphatic carbocycles. The van der Waals surface area contributed by atoms with E-state index >= 15 is 0 Å². The van der Waals surface area contributed by atoms with Crippen molar-refractivity contribution < 1.29 is 9.18 Å². The molecule has 2 aromatic rings. The van der Waals surface area contributed by atoms with Crippen LogP contribution in [-0.4, -0.2) is 20.5 Å². The third-order valence-corrected chi connectivity index (χ3v) is 3.14. The van der Waals surface area contributed by atoms with Crippen LogP contribution in [0.1, 0.15) is 42.3 Å². The monoisotopic (exact) mass is 275 g/mol. The van der Waals surface area contributed by atoms with Gasteiger partial charge in [0.2, 0.25) is 0 Å². The number of hydrogen-bond acceptors (Lipinski definition) is 3. The fourth-order valence-electron chi connectivity index (χ4n) is 2.00. The van der Waals surface area contributed by atoms with E-state index in [0.29, 0.717) is 18.5 Å². The molecule has 0 saturated heterocycles. The maximum atomic E-state index is 12.8. The number of Topliss-reactive ketones (excluding diaryl/α,β-unsaturated/α-hetero) is 1. The van der Waals surface area contributed by atoms with Gasteiger partial charge in [0.25, 0.3) is 0 Å². The number of carbonyl (C=O) groups excluding carboxylic acids is 1. The van der Waals surface area contributed by atoms with Gasteiger partial charge in [-0.2, -0.15) is 5.10 Å². The summed E-state index contributed by atoms with van der Waals surface area (Å²) in [4.78, 5) is 16.4. The standard InChI is InChI=1S/C15H18FN3O/c1-3-14-17-15(4-2)19(18-14)10-9-13(20)11-5-7-12(16)8-6-11/h5-8H,3-4,9-10H2,1-2H3. The zero-order chi connectivity index (χ0) is 14.5. The summed E-state index contributed by atoms with van der Waals surface area (Å²) in [5.41, 5.74) is 0.528. The molecule has 0 saturated carbocycles. The fourth-order valence-corrected chi connectivity index (χ4v) is 2.00. The quantitative estimate of drug-likeness (QED) is 0.762. The molecule has 0 unspecified atom stereocenters. The third kappa shape index (κ3) is 3.29. The van der Waals surface area contributed by atoms with E-state index in [1.807, 2.05) is 13.8 Å². The van der Waals surface area contributed by atoms with Crippen molar-refractivity contribution in [2.45, 2.75) is 39.7 Å². The molecule has 0 radical (unpaired) electrons. The molecule has 0 atom stereocenters. The maximum absolute atomic E-state index is 12.8. The Morgan fingerprint density at radius 2 is 1.90 bits per heavy atom. The maximum Gasteiger partial charge on any atom is 0.164 e. The van der Waals surface area contributed by atoms with Crippen LogP contribution in [0.4, 0.5) is 4.39 Å². The van der Waals surface area contributed by atoms with E-state index in [-0.39, 0.29) is 11.6 Å². The molecule has 2 rings (SSSR count). The molecule has 5 heteroatoms. The van der Waals surface area contributed by atoms with Crippen LogP contribution in [0.15, 0.2) is 24.3 Å². The second-order valence-electron chi connectivity index (χ2n) is 4.55. The van der Waals surface area contributed by atoms with Gasteiger partial charge in [0, 0.05) is 24.8 Å². The van der Waals surface area contributed by atoms with Gasteiger partial charge in [-0.1, -0.05) is 13.8 Å². The number of aryl methyl sites for hydroxylation is 3. The van der Waals surface area contributed by atoms with Gasteiger partial charge in [0.05, 0.1) is 6.54 Å². The summed E-state index contributed by atoms with van der Waals surface area (Å²) in [6.07, 6.45) is 1.91. The lowest BCUT2D eigenvalue weighted by molar-refractivity contribution is 0.0975. The summed E-state index contributed by atoms with van der Waals surface area (Å²) >= 11 is 0. The molecule has 0 amide bonds. The zero-order valence-corrected chi connectivity index (χ0v) is 11.8. The summed E-state index contributed by atoms with van der Waals surface area (Å²) in [5.74, 6) is 1.35. The van der Waals surface area contributed by atoms with Crippen LogP contribution >= 0.6 is 0 Å². The molecule has 1 heterocycles. The summed E-state index contributed by atoms with van der Waals surface area (Å²) in [6.45, 7) is 4.52. The molecule has 1 aromatic heterocycles. The molecule has 20 heavy (non-hydrogen) atoms. The van der Waals surface area contributed by atoms with E-state index in [1.54, 1.807) is 4.68 Å². The molecular weight excluding hydrogens is 257 g/mol. The van der Waals surface area contributed by atoms with Gasteiger partial charge in [-0.15, -0.1) is 0 Å². The lowest BCUT2D eigenvalue weighted by Gasteiger charge is -2.04. The molecular formula is C15H18FN3O. The lowest BCUT2D eigenvalue weighted by atomic mass is 10.1. The Balaban J connectivity index is 2.03. The molecule has 0 spiro atoms. The van der Waals surface area contributed by atoms with E-state index in [0.717, 1.165) is 24.5 Å². The van der Waals surface area contributed by atoms with Crippen molar-refractivity contribution in [3.63, 3.8) is 0 Å². The van der Waals surface area contributed by atoms with E-state index < -0.39 is 0 Å². The molecule has 0 bridgehead atoms. The van der Waals surface area contributed by atoms with Gasteiger partial charge in [0.15, 0.2) is 11.6 Å². The Morgan fingerprint density at radius 1 is 1.20 bits per heavy atom. The van der Waals surface area contributed by atoms with Crippen molar-refractivity contribution in [2.75, 3.05) is 0 Å². The highest BCUT2D eigenvalue weighted by Crippen LogP contribution is 2.08. The zero-order valence-electron chi connectivity index (χ0n) is 11.8. The van der Waals surface area contributed by atoms with E-state index in [4.69, 9.17) is 0 Å². The predicted octanol–water partition coefficient (Wildman–Crippen LogP) is 2.82. The highest BCUT2D eigenvalue weighted by atomic mass is 19.1. The Labute approximate surface area is 117 Å². The summed E-state index contributed by atoms with van der Waals surface area (Å²) in [6, 6.07) is 5.62. The molecule has 0 N–H and O–H groups in total. The van der Waals surface area contributed by atoms with Crippen molar-refractivity contribution in [1.82, 2.24) is 14.8 Å². The number of rotatable bonds is 6. The van der Waals surface area contributed by atoms with Crippen LogP contribution in [0.2, 0.25) is 0 Å². The first-order valence-electron chi connectivity index (χ1n) is 6.85. The molecule has 4 nitrogen and oxygen atoms in total. The molecule has 1 aromatic carbocycles. The minimum absolute atomic E-state index is 0.0133. The Morgan fingerprint density at radius 3 is 2.50 bits per heavy atom. The first-order valence-corrected chi connectivity index (χ1v) is 6.85. The largest absolute Gasteiger partial charge is 0.294 e. The summed E-state index contributed by atoms with van der Waals surface area (Å²) in [7, 11) is 0. The van der Waals surface area contributed by atoms with E-state index in [1.165, 1.54) is 24.3 Å². The van der Waals surface area contributed by atoms with Gasteiger partial charge in [-0.3, -0.25) is 4.79 Å². The lowest BCUT2D eigenvalue weighted by Crippen LogP contribution is -2.10. The highest BCUT2D eigenvalue weighted by Gasteiger charge is 2.10. The van der Waals surface area contributed by atoms with Crippen LogP contribution in [0, 0.1) is 5.82 Å². The number of benzene rings is 1. The average molecular weight is 275 g/mol. The number of ketones is 1. The summed E-state index contributed by atoms with van der Waals surface area (Å²) in [5, 5.41) is 4.37. The predicted molar refractivity (Wildman–Crippen MR) is 74.1 cm³/mol. The van der Waals surface area contributed by atoms with Gasteiger partial charge in [-0.05, 0) is 24.3 Å². The van der Waals surface area contributed by atoms with Crippen LogP contribution in [0.3, 0.4) is 0 Å². The van der Waals surface area contributed by atoms with Gasteiger partial charge in [-0.25, -0.2) is 14.1 Å². The van der Waals surface area contributed by atoms with Gasteiger partial charge >= 0.3 is 0 Å². The Kier molecular flexibility index (Phi) is 4.61. The second kappa shape index (κ2) is 6.41. The molecule has 0 aliphatic heterocycles. The van der Waals surface area contributed by atoms with E-state index in [2.05, 4.69) is 10.1 Å². The van der Waals surface area contributed by atoms with Crippen molar-refractivity contribution in [3.05, 3.63) is 47.3 Å². The SMILES string of the molecule is CCc1nc(CC)n(CCC(=O)c2ccc(F)cc2)n1. The van der Waals surface area contributed by atoms with Crippen LogP contribution in [0.5, 0.6) is 0 Å². The number of hydrogen-bond donors (Lipinski definition) is 0. The first-order chi connectivity index (χ1) is 9.63. The van der Waals surface area contributed by atoms with Gasteiger partial charge < -0.3 is 0 Å². The highest BCUT2D eigenvalue weighted by molar-refractivity contribution is 5.95. The average Bonchev–Trinajstić information content (AvgIpc) is 2.88. The third-order valence-electron chi connectivity index (χ3n) is 3.14. The topological polar surface area (TPSA) is 47.8 Å². The number of nitrogens with zero attached hydrogens (tertiary/aromatic N) is 3. The minimum atomic E-state index is -0.335. The van der Waals surface area contributed by atoms with Gasteiger partial charge in [0.1, 0.15) is 11.6 Å².